The Hall–Kier alpha value is -0.730. The third-order valence-corrected chi connectivity index (χ3v) is 3.90. The molecule has 2 nitrogen and oxygen atoms in total. The topological polar surface area (TPSA) is 29.3 Å². The van der Waals surface area contributed by atoms with E-state index in [0.29, 0.717) is 12.0 Å². The van der Waals surface area contributed by atoms with E-state index in [4.69, 9.17) is 17.3 Å². The first-order valence-corrected chi connectivity index (χ1v) is 6.22. The number of nitrogens with zero attached hydrogens (tertiary/aromatic N) is 1. The predicted octanol–water partition coefficient (Wildman–Crippen LogP) is 2.82. The van der Waals surface area contributed by atoms with Gasteiger partial charge in [-0.3, -0.25) is 0 Å². The number of anilines is 1. The molecule has 0 saturated carbocycles. The average Bonchev–Trinajstić information content (AvgIpc) is 2.26. The molecule has 1 heterocycles. The number of nitrogens with two attached hydrogens (primary N) is 1. The summed E-state index contributed by atoms with van der Waals surface area (Å²) in [6, 6.07) is 6.62. The highest BCUT2D eigenvalue weighted by Gasteiger charge is 2.23. The van der Waals surface area contributed by atoms with E-state index in [2.05, 4.69) is 30.0 Å². The highest BCUT2D eigenvalue weighted by molar-refractivity contribution is 6.31. The zero-order valence-electron chi connectivity index (χ0n) is 9.91. The minimum atomic E-state index is 0.345. The fraction of sp³-hybridized carbons (Fsp3) is 0.538. The predicted molar refractivity (Wildman–Crippen MR) is 70.2 cm³/mol. The van der Waals surface area contributed by atoms with E-state index in [9.17, 15) is 0 Å². The maximum absolute atomic E-state index is 6.15. The van der Waals surface area contributed by atoms with Gasteiger partial charge in [-0.15, -0.1) is 0 Å². The number of benzene rings is 1. The Morgan fingerprint density at radius 2 is 2.19 bits per heavy atom. The van der Waals surface area contributed by atoms with Gasteiger partial charge in [0.15, 0.2) is 0 Å². The molecule has 1 aliphatic rings. The van der Waals surface area contributed by atoms with Crippen LogP contribution in [0.4, 0.5) is 5.69 Å². The Labute approximate surface area is 102 Å². The summed E-state index contributed by atoms with van der Waals surface area (Å²) in [6.07, 6.45) is 1.06. The number of aryl methyl sites for hydroxylation is 1. The van der Waals surface area contributed by atoms with Crippen molar-refractivity contribution in [1.82, 2.24) is 0 Å². The first kappa shape index (κ1) is 11.7. The molecule has 2 rings (SSSR count). The van der Waals surface area contributed by atoms with Crippen LogP contribution in [0.3, 0.4) is 0 Å². The standard InChI is InChI=1S/C13H19ClN2/c1-9-3-4-11(7-12(9)14)16-6-5-13(15)10(2)8-16/h3-4,7,10,13H,5-6,8,15H2,1-2H3. The molecule has 3 heteroatoms. The van der Waals surface area contributed by atoms with Crippen molar-refractivity contribution in [2.24, 2.45) is 11.7 Å². The van der Waals surface area contributed by atoms with E-state index in [-0.39, 0.29) is 0 Å². The van der Waals surface area contributed by atoms with Gasteiger partial charge in [0.2, 0.25) is 0 Å². The Morgan fingerprint density at radius 1 is 1.44 bits per heavy atom. The summed E-state index contributed by atoms with van der Waals surface area (Å²) in [5, 5.41) is 0.847. The summed E-state index contributed by atoms with van der Waals surface area (Å²) >= 11 is 6.15. The summed E-state index contributed by atoms with van der Waals surface area (Å²) in [4.78, 5) is 2.37. The van der Waals surface area contributed by atoms with Gasteiger partial charge in [-0.25, -0.2) is 0 Å². The maximum atomic E-state index is 6.15. The van der Waals surface area contributed by atoms with Crippen molar-refractivity contribution >= 4 is 17.3 Å². The molecule has 0 aliphatic carbocycles. The second kappa shape index (κ2) is 4.64. The van der Waals surface area contributed by atoms with Gasteiger partial charge >= 0.3 is 0 Å². The lowest BCUT2D eigenvalue weighted by Crippen LogP contribution is -2.45. The van der Waals surface area contributed by atoms with Crippen LogP contribution >= 0.6 is 11.6 Å². The molecule has 0 bridgehead atoms. The molecule has 2 unspecified atom stereocenters. The molecule has 1 fully saturated rings. The minimum Gasteiger partial charge on any atom is -0.371 e. The minimum absolute atomic E-state index is 0.345. The van der Waals surface area contributed by atoms with Gasteiger partial charge in [0.05, 0.1) is 0 Å². The number of halogens is 1. The molecular formula is C13H19ClN2. The Kier molecular flexibility index (Phi) is 3.41. The first-order chi connectivity index (χ1) is 7.58. The second-order valence-electron chi connectivity index (χ2n) is 4.81. The average molecular weight is 239 g/mol. The van der Waals surface area contributed by atoms with E-state index in [1.54, 1.807) is 0 Å². The molecule has 1 saturated heterocycles. The molecule has 0 amide bonds. The third kappa shape index (κ3) is 2.33. The molecule has 1 aliphatic heterocycles. The smallest absolute Gasteiger partial charge is 0.0455 e. The van der Waals surface area contributed by atoms with Crippen molar-refractivity contribution in [3.8, 4) is 0 Å². The summed E-state index contributed by atoms with van der Waals surface area (Å²) in [5.74, 6) is 0.550. The number of hydrogen-bond acceptors (Lipinski definition) is 2. The van der Waals surface area contributed by atoms with Crippen molar-refractivity contribution in [3.63, 3.8) is 0 Å². The SMILES string of the molecule is Cc1ccc(N2CCC(N)C(C)C2)cc1Cl. The van der Waals surface area contributed by atoms with Gasteiger partial charge in [0.25, 0.3) is 0 Å². The van der Waals surface area contributed by atoms with Gasteiger partial charge < -0.3 is 10.6 Å². The molecule has 0 aromatic heterocycles. The Bertz CT molecular complexity index is 378. The van der Waals surface area contributed by atoms with E-state index < -0.39 is 0 Å². The van der Waals surface area contributed by atoms with E-state index in [1.165, 1.54) is 5.69 Å². The van der Waals surface area contributed by atoms with Crippen molar-refractivity contribution in [3.05, 3.63) is 28.8 Å². The van der Waals surface area contributed by atoms with Crippen LogP contribution in [0.25, 0.3) is 0 Å². The Balaban J connectivity index is 2.15. The van der Waals surface area contributed by atoms with Crippen molar-refractivity contribution in [2.45, 2.75) is 26.3 Å². The number of rotatable bonds is 1. The Morgan fingerprint density at radius 3 is 2.81 bits per heavy atom. The van der Waals surface area contributed by atoms with Gasteiger partial charge in [-0.05, 0) is 37.0 Å². The number of piperidine rings is 1. The zero-order valence-corrected chi connectivity index (χ0v) is 10.7. The van der Waals surface area contributed by atoms with Crippen LogP contribution in [0, 0.1) is 12.8 Å². The lowest BCUT2D eigenvalue weighted by molar-refractivity contribution is 0.383. The zero-order chi connectivity index (χ0) is 11.7. The molecule has 2 N–H and O–H groups in total. The van der Waals surface area contributed by atoms with Crippen LogP contribution in [0.15, 0.2) is 18.2 Å². The largest absolute Gasteiger partial charge is 0.371 e. The summed E-state index contributed by atoms with van der Waals surface area (Å²) in [7, 11) is 0. The molecule has 0 radical (unpaired) electrons. The second-order valence-corrected chi connectivity index (χ2v) is 5.22. The normalized spacial score (nSPS) is 25.9. The van der Waals surface area contributed by atoms with Gasteiger partial charge in [0.1, 0.15) is 0 Å². The van der Waals surface area contributed by atoms with E-state index >= 15 is 0 Å². The van der Waals surface area contributed by atoms with Crippen LogP contribution in [0.5, 0.6) is 0 Å². The summed E-state index contributed by atoms with van der Waals surface area (Å²) in [6.45, 7) is 6.30. The fourth-order valence-electron chi connectivity index (χ4n) is 2.18. The third-order valence-electron chi connectivity index (χ3n) is 3.49. The van der Waals surface area contributed by atoms with Crippen LogP contribution in [-0.2, 0) is 0 Å². The lowest BCUT2D eigenvalue weighted by Gasteiger charge is -2.36. The first-order valence-electron chi connectivity index (χ1n) is 5.84. The van der Waals surface area contributed by atoms with E-state index in [0.717, 1.165) is 30.1 Å². The lowest BCUT2D eigenvalue weighted by atomic mass is 9.94. The van der Waals surface area contributed by atoms with Crippen molar-refractivity contribution in [2.75, 3.05) is 18.0 Å². The molecule has 1 aromatic carbocycles. The highest BCUT2D eigenvalue weighted by Crippen LogP contribution is 2.26. The van der Waals surface area contributed by atoms with Gasteiger partial charge in [-0.1, -0.05) is 24.6 Å². The quantitative estimate of drug-likeness (QED) is 0.815. The molecule has 2 atom stereocenters. The molecule has 88 valence electrons. The van der Waals surface area contributed by atoms with Crippen molar-refractivity contribution in [1.29, 1.82) is 0 Å². The van der Waals surface area contributed by atoms with Crippen LogP contribution in [-0.4, -0.2) is 19.1 Å². The fourth-order valence-corrected chi connectivity index (χ4v) is 2.35. The summed E-state index contributed by atoms with van der Waals surface area (Å²) < 4.78 is 0. The van der Waals surface area contributed by atoms with Crippen LogP contribution in [0.2, 0.25) is 5.02 Å². The molecular weight excluding hydrogens is 220 g/mol. The molecule has 16 heavy (non-hydrogen) atoms. The monoisotopic (exact) mass is 238 g/mol. The summed E-state index contributed by atoms with van der Waals surface area (Å²) in [5.41, 5.74) is 8.37. The van der Waals surface area contributed by atoms with Crippen LogP contribution < -0.4 is 10.6 Å². The van der Waals surface area contributed by atoms with E-state index in [1.807, 2.05) is 6.92 Å². The van der Waals surface area contributed by atoms with Crippen LogP contribution in [0.1, 0.15) is 18.9 Å². The van der Waals surface area contributed by atoms with Crippen molar-refractivity contribution < 1.29 is 0 Å². The molecule has 1 aromatic rings. The highest BCUT2D eigenvalue weighted by atomic mass is 35.5. The molecule has 0 spiro atoms. The maximum Gasteiger partial charge on any atom is 0.0455 e. The van der Waals surface area contributed by atoms with Gasteiger partial charge in [0, 0.05) is 29.8 Å². The number of hydrogen-bond donors (Lipinski definition) is 1. The van der Waals surface area contributed by atoms with Gasteiger partial charge in [-0.2, -0.15) is 0 Å².